The first kappa shape index (κ1) is 32.7. The van der Waals surface area contributed by atoms with Crippen LogP contribution in [0.2, 0.25) is 0 Å². The van der Waals surface area contributed by atoms with Gasteiger partial charge in [-0.15, -0.1) is 0 Å². The third kappa shape index (κ3) is 9.68. The zero-order valence-corrected chi connectivity index (χ0v) is 26.4. The summed E-state index contributed by atoms with van der Waals surface area (Å²) in [6, 6.07) is 15.4. The lowest BCUT2D eigenvalue weighted by molar-refractivity contribution is -0.0696. The maximum Gasteiger partial charge on any atom is 0.142 e. The number of benzene rings is 2. The second-order valence-corrected chi connectivity index (χ2v) is 11.9. The van der Waals surface area contributed by atoms with E-state index in [1.54, 1.807) is 14.2 Å². The number of nitrogens with zero attached hydrogens (tertiary/aromatic N) is 1. The smallest absolute Gasteiger partial charge is 0.142 e. The Balaban J connectivity index is 1.43. The van der Waals surface area contributed by atoms with Gasteiger partial charge in [-0.05, 0) is 60.9 Å². The molecule has 0 unspecified atom stereocenters. The molecule has 234 valence electrons. The fourth-order valence-electron chi connectivity index (χ4n) is 6.09. The molecule has 2 aromatic rings. The summed E-state index contributed by atoms with van der Waals surface area (Å²) in [5.74, 6) is 1.55. The van der Waals surface area contributed by atoms with E-state index in [0.717, 1.165) is 82.9 Å². The van der Waals surface area contributed by atoms with Crippen LogP contribution in [0.3, 0.4) is 0 Å². The molecule has 1 aliphatic carbocycles. The van der Waals surface area contributed by atoms with Crippen LogP contribution >= 0.6 is 0 Å². The summed E-state index contributed by atoms with van der Waals surface area (Å²) < 4.78 is 35.6. The average Bonchev–Trinajstić information content (AvgIpc) is 3.01. The van der Waals surface area contributed by atoms with Crippen LogP contribution < -0.4 is 9.64 Å². The van der Waals surface area contributed by atoms with Crippen molar-refractivity contribution < 1.29 is 28.4 Å². The van der Waals surface area contributed by atoms with Crippen molar-refractivity contribution in [1.29, 1.82) is 0 Å². The summed E-state index contributed by atoms with van der Waals surface area (Å²) in [7, 11) is 3.49. The highest BCUT2D eigenvalue weighted by atomic mass is 16.5. The van der Waals surface area contributed by atoms with Crippen molar-refractivity contribution in [2.24, 2.45) is 5.92 Å². The second-order valence-electron chi connectivity index (χ2n) is 11.9. The number of hydrogen-bond donors (Lipinski definition) is 0. The molecule has 0 bridgehead atoms. The average molecular weight is 584 g/mol. The van der Waals surface area contributed by atoms with Gasteiger partial charge < -0.3 is 33.3 Å². The maximum atomic E-state index is 6.75. The van der Waals surface area contributed by atoms with E-state index < -0.39 is 0 Å². The predicted octanol–water partition coefficient (Wildman–Crippen LogP) is 6.76. The number of fused-ring (bicyclic) bond motifs is 1. The Kier molecular flexibility index (Phi) is 13.9. The molecular formula is C35H53NO6. The zero-order chi connectivity index (χ0) is 29.6. The van der Waals surface area contributed by atoms with Gasteiger partial charge in [0, 0.05) is 45.8 Å². The quantitative estimate of drug-likeness (QED) is 0.180. The summed E-state index contributed by atoms with van der Waals surface area (Å²) in [5.41, 5.74) is 4.82. The molecule has 1 heterocycles. The molecule has 4 rings (SSSR count). The summed E-state index contributed by atoms with van der Waals surface area (Å²) >= 11 is 0. The first-order chi connectivity index (χ1) is 20.6. The Morgan fingerprint density at radius 2 is 1.67 bits per heavy atom. The highest BCUT2D eigenvalue weighted by Crippen LogP contribution is 2.39. The van der Waals surface area contributed by atoms with Crippen LogP contribution in [0.25, 0.3) is 0 Å². The topological polar surface area (TPSA) is 58.6 Å². The summed E-state index contributed by atoms with van der Waals surface area (Å²) in [6.07, 6.45) is 6.73. The fraction of sp³-hybridized carbons (Fsp3) is 0.657. The minimum absolute atomic E-state index is 0.104. The molecule has 1 fully saturated rings. The van der Waals surface area contributed by atoms with Gasteiger partial charge in [-0.25, -0.2) is 0 Å². The van der Waals surface area contributed by atoms with Crippen LogP contribution in [-0.4, -0.2) is 72.6 Å². The van der Waals surface area contributed by atoms with E-state index in [1.165, 1.54) is 16.7 Å². The van der Waals surface area contributed by atoms with Gasteiger partial charge in [0.05, 0.1) is 50.9 Å². The van der Waals surface area contributed by atoms with Gasteiger partial charge in [-0.2, -0.15) is 0 Å². The lowest BCUT2D eigenvalue weighted by Crippen LogP contribution is -2.38. The van der Waals surface area contributed by atoms with Crippen LogP contribution in [0.1, 0.15) is 75.0 Å². The molecule has 0 N–H and O–H groups in total. The predicted molar refractivity (Wildman–Crippen MR) is 168 cm³/mol. The molecule has 2 aromatic carbocycles. The Bertz CT molecular complexity index is 1030. The molecule has 0 spiro atoms. The lowest BCUT2D eigenvalue weighted by atomic mass is 9.79. The van der Waals surface area contributed by atoms with Crippen LogP contribution in [-0.2, 0) is 36.9 Å². The molecule has 7 nitrogen and oxygen atoms in total. The van der Waals surface area contributed by atoms with Gasteiger partial charge in [0.15, 0.2) is 0 Å². The number of ether oxygens (including phenoxy) is 6. The third-order valence-electron chi connectivity index (χ3n) is 8.32. The van der Waals surface area contributed by atoms with Gasteiger partial charge in [-0.1, -0.05) is 50.6 Å². The van der Waals surface area contributed by atoms with Crippen LogP contribution in [0, 0.1) is 5.92 Å². The Labute approximate surface area is 253 Å². The van der Waals surface area contributed by atoms with Crippen molar-refractivity contribution in [3.05, 3.63) is 59.2 Å². The van der Waals surface area contributed by atoms with Crippen molar-refractivity contribution in [3.63, 3.8) is 0 Å². The normalized spacial score (nSPS) is 21.1. The molecule has 0 aromatic heterocycles. The lowest BCUT2D eigenvalue weighted by Gasteiger charge is -2.38. The third-order valence-corrected chi connectivity index (χ3v) is 8.32. The molecular weight excluding hydrogens is 530 g/mol. The second kappa shape index (κ2) is 17.8. The van der Waals surface area contributed by atoms with Gasteiger partial charge in [0.1, 0.15) is 12.4 Å². The van der Waals surface area contributed by atoms with Gasteiger partial charge in [0.2, 0.25) is 0 Å². The number of anilines is 1. The summed E-state index contributed by atoms with van der Waals surface area (Å²) in [6.45, 7) is 11.1. The molecule has 1 saturated carbocycles. The molecule has 1 aliphatic heterocycles. The van der Waals surface area contributed by atoms with Crippen LogP contribution in [0.15, 0.2) is 42.5 Å². The first-order valence-corrected chi connectivity index (χ1v) is 16.0. The van der Waals surface area contributed by atoms with E-state index in [0.29, 0.717) is 32.3 Å². The summed E-state index contributed by atoms with van der Waals surface area (Å²) in [5, 5.41) is 0. The zero-order valence-electron chi connectivity index (χ0n) is 26.4. The van der Waals surface area contributed by atoms with Crippen molar-refractivity contribution in [2.75, 3.05) is 65.2 Å². The minimum Gasteiger partial charge on any atom is -0.490 e. The molecule has 42 heavy (non-hydrogen) atoms. The van der Waals surface area contributed by atoms with E-state index >= 15 is 0 Å². The van der Waals surface area contributed by atoms with Crippen molar-refractivity contribution in [2.45, 2.75) is 83.7 Å². The fourth-order valence-corrected chi connectivity index (χ4v) is 6.09. The van der Waals surface area contributed by atoms with E-state index in [-0.39, 0.29) is 18.1 Å². The van der Waals surface area contributed by atoms with Gasteiger partial charge >= 0.3 is 0 Å². The van der Waals surface area contributed by atoms with E-state index in [1.807, 2.05) is 0 Å². The molecule has 0 radical (unpaired) electrons. The van der Waals surface area contributed by atoms with E-state index in [4.69, 9.17) is 28.4 Å². The Hall–Kier alpha value is -2.16. The molecule has 0 amide bonds. The summed E-state index contributed by atoms with van der Waals surface area (Å²) in [4.78, 5) is 2.41. The molecule has 7 heteroatoms. The van der Waals surface area contributed by atoms with Gasteiger partial charge in [0.25, 0.3) is 0 Å². The highest BCUT2D eigenvalue weighted by molar-refractivity contribution is 5.61. The standard InChI is InChI=1S/C35H53NO6/c1-5-6-20-40-33-9-7-10-34(35(33)30-14-11-28(12-15-30)25-39-24-27(2)23-38-4)42-26-29-13-16-32-31(22-29)36(18-21-41-32)17-8-19-37-3/h11-16,22,27,33-35H,5-10,17-21,23-26H2,1-4H3/t27-,33+,34-,35-/m0/s1. The number of rotatable bonds is 18. The monoisotopic (exact) mass is 583 g/mol. The highest BCUT2D eigenvalue weighted by Gasteiger charge is 2.36. The van der Waals surface area contributed by atoms with Crippen molar-refractivity contribution in [1.82, 2.24) is 0 Å². The van der Waals surface area contributed by atoms with E-state index in [9.17, 15) is 0 Å². The van der Waals surface area contributed by atoms with Gasteiger partial charge in [-0.3, -0.25) is 0 Å². The Morgan fingerprint density at radius 3 is 2.43 bits per heavy atom. The minimum atomic E-state index is 0.104. The van der Waals surface area contributed by atoms with Crippen molar-refractivity contribution >= 4 is 5.69 Å². The SMILES string of the molecule is CCCCO[C@@H]1CCC[C@H](OCc2ccc3c(c2)N(CCCOC)CCO3)[C@H]1c1ccc(COC[C@@H](C)COC)cc1. The Morgan fingerprint density at radius 1 is 0.881 bits per heavy atom. The number of unbranched alkanes of at least 4 members (excludes halogenated alkanes) is 1. The first-order valence-electron chi connectivity index (χ1n) is 16.0. The van der Waals surface area contributed by atoms with Crippen LogP contribution in [0.5, 0.6) is 5.75 Å². The van der Waals surface area contributed by atoms with E-state index in [2.05, 4.69) is 61.2 Å². The molecule has 2 aliphatic rings. The molecule has 4 atom stereocenters. The maximum absolute atomic E-state index is 6.75. The molecule has 0 saturated heterocycles. The number of methoxy groups -OCH3 is 2. The number of hydrogen-bond acceptors (Lipinski definition) is 7. The van der Waals surface area contributed by atoms with Crippen molar-refractivity contribution in [3.8, 4) is 5.75 Å². The largest absolute Gasteiger partial charge is 0.490 e. The van der Waals surface area contributed by atoms with Crippen LogP contribution in [0.4, 0.5) is 5.69 Å².